The number of halogens is 2. The molecule has 0 unspecified atom stereocenters. The van der Waals surface area contributed by atoms with Crippen LogP contribution in [0.4, 0.5) is 8.78 Å². The molecular formula is C18H14F2N2O2S. The Morgan fingerprint density at radius 3 is 2.76 bits per heavy atom. The number of nitrogens with one attached hydrogen (secondary N) is 2. The van der Waals surface area contributed by atoms with Gasteiger partial charge >= 0.3 is 0 Å². The predicted octanol–water partition coefficient (Wildman–Crippen LogP) is 3.77. The van der Waals surface area contributed by atoms with Crippen molar-refractivity contribution in [2.45, 2.75) is 17.2 Å². The monoisotopic (exact) mass is 360 g/mol. The minimum Gasteiger partial charge on any atom is -0.361 e. The third-order valence-corrected chi connectivity index (χ3v) is 4.41. The van der Waals surface area contributed by atoms with E-state index in [0.29, 0.717) is 22.7 Å². The second-order valence-electron chi connectivity index (χ2n) is 5.28. The van der Waals surface area contributed by atoms with E-state index in [1.807, 2.05) is 0 Å². The maximum Gasteiger partial charge on any atom is 0.288 e. The molecule has 3 rings (SSSR count). The number of pyridine rings is 1. The van der Waals surface area contributed by atoms with E-state index in [4.69, 9.17) is 0 Å². The van der Waals surface area contributed by atoms with Crippen LogP contribution in [0.1, 0.15) is 15.9 Å². The first-order valence-electron chi connectivity index (χ1n) is 7.47. The number of benzene rings is 2. The quantitative estimate of drug-likeness (QED) is 0.681. The van der Waals surface area contributed by atoms with Gasteiger partial charge in [0.15, 0.2) is 5.43 Å². The Morgan fingerprint density at radius 1 is 1.16 bits per heavy atom. The van der Waals surface area contributed by atoms with Gasteiger partial charge in [-0.2, -0.15) is 8.78 Å². The number of thioether (sulfide) groups is 1. The van der Waals surface area contributed by atoms with Crippen molar-refractivity contribution in [3.8, 4) is 0 Å². The lowest BCUT2D eigenvalue weighted by Gasteiger charge is -2.10. The number of amides is 1. The molecule has 0 radical (unpaired) electrons. The fraction of sp³-hybridized carbons (Fsp3) is 0.111. The van der Waals surface area contributed by atoms with Gasteiger partial charge in [0, 0.05) is 34.6 Å². The third-order valence-electron chi connectivity index (χ3n) is 3.62. The molecule has 0 aliphatic rings. The average Bonchev–Trinajstić information content (AvgIpc) is 2.60. The van der Waals surface area contributed by atoms with E-state index in [1.54, 1.807) is 36.5 Å². The van der Waals surface area contributed by atoms with Crippen LogP contribution in [0.3, 0.4) is 0 Å². The molecule has 7 heteroatoms. The molecule has 2 aromatic carbocycles. The largest absolute Gasteiger partial charge is 0.361 e. The Bertz CT molecular complexity index is 972. The summed E-state index contributed by atoms with van der Waals surface area (Å²) in [6.07, 6.45) is 1.56. The second-order valence-corrected chi connectivity index (χ2v) is 6.31. The molecule has 0 saturated heterocycles. The number of H-pyrrole nitrogens is 1. The minimum atomic E-state index is -2.59. The highest BCUT2D eigenvalue weighted by Crippen LogP contribution is 2.28. The van der Waals surface area contributed by atoms with Gasteiger partial charge in [-0.3, -0.25) is 9.59 Å². The summed E-state index contributed by atoms with van der Waals surface area (Å²) < 4.78 is 25.2. The summed E-state index contributed by atoms with van der Waals surface area (Å²) in [5.41, 5.74) is 1.60. The molecule has 2 N–H and O–H groups in total. The van der Waals surface area contributed by atoms with E-state index in [1.165, 1.54) is 18.2 Å². The zero-order chi connectivity index (χ0) is 17.8. The normalized spacial score (nSPS) is 11.0. The summed E-state index contributed by atoms with van der Waals surface area (Å²) in [4.78, 5) is 27.2. The van der Waals surface area contributed by atoms with Crippen LogP contribution in [0.25, 0.3) is 10.9 Å². The number of hydrogen-bond acceptors (Lipinski definition) is 3. The number of fused-ring (bicyclic) bond motifs is 1. The Kier molecular flexibility index (Phi) is 5.14. The topological polar surface area (TPSA) is 62.0 Å². The van der Waals surface area contributed by atoms with Crippen LogP contribution < -0.4 is 10.7 Å². The fourth-order valence-corrected chi connectivity index (χ4v) is 3.10. The highest BCUT2D eigenvalue weighted by molar-refractivity contribution is 7.99. The molecule has 0 aliphatic heterocycles. The van der Waals surface area contributed by atoms with Crippen LogP contribution >= 0.6 is 11.8 Å². The van der Waals surface area contributed by atoms with Crippen molar-refractivity contribution in [2.24, 2.45) is 0 Å². The zero-order valence-corrected chi connectivity index (χ0v) is 13.8. The fourth-order valence-electron chi connectivity index (χ4n) is 2.46. The maximum absolute atomic E-state index is 12.6. The van der Waals surface area contributed by atoms with Crippen LogP contribution in [0.15, 0.2) is 64.4 Å². The number of hydrogen-bond donors (Lipinski definition) is 2. The van der Waals surface area contributed by atoms with Gasteiger partial charge in [0.25, 0.3) is 11.7 Å². The Balaban J connectivity index is 1.76. The van der Waals surface area contributed by atoms with Crippen LogP contribution in [0, 0.1) is 0 Å². The van der Waals surface area contributed by atoms with Crippen molar-refractivity contribution < 1.29 is 13.6 Å². The predicted molar refractivity (Wildman–Crippen MR) is 94.0 cm³/mol. The van der Waals surface area contributed by atoms with Crippen LogP contribution in [-0.2, 0) is 6.54 Å². The highest BCUT2D eigenvalue weighted by Gasteiger charge is 2.15. The molecule has 25 heavy (non-hydrogen) atoms. The summed E-state index contributed by atoms with van der Waals surface area (Å²) in [6, 6.07) is 12.9. The van der Waals surface area contributed by atoms with Gasteiger partial charge < -0.3 is 10.3 Å². The number of aromatic nitrogens is 1. The Morgan fingerprint density at radius 2 is 1.96 bits per heavy atom. The van der Waals surface area contributed by atoms with Gasteiger partial charge in [0.1, 0.15) is 0 Å². The van der Waals surface area contributed by atoms with Gasteiger partial charge in [-0.1, -0.05) is 30.0 Å². The summed E-state index contributed by atoms with van der Waals surface area (Å²) in [5.74, 6) is -3.02. The van der Waals surface area contributed by atoms with Crippen LogP contribution in [0.5, 0.6) is 0 Å². The lowest BCUT2D eigenvalue weighted by molar-refractivity contribution is 0.0948. The SMILES string of the molecule is O=C(NCc1ccc2c(=O)cc[nH]c2c1)c1ccccc1SC(F)F. The minimum absolute atomic E-state index is 0.0812. The first-order valence-corrected chi connectivity index (χ1v) is 8.35. The number of carbonyl (C=O) groups excluding carboxylic acids is 1. The molecule has 0 aliphatic carbocycles. The van der Waals surface area contributed by atoms with Gasteiger partial charge in [-0.15, -0.1) is 0 Å². The van der Waals surface area contributed by atoms with Crippen molar-refractivity contribution in [1.29, 1.82) is 0 Å². The van der Waals surface area contributed by atoms with E-state index < -0.39 is 11.7 Å². The molecule has 0 atom stereocenters. The number of aromatic amines is 1. The van der Waals surface area contributed by atoms with E-state index in [2.05, 4.69) is 10.3 Å². The molecule has 3 aromatic rings. The van der Waals surface area contributed by atoms with Crippen molar-refractivity contribution in [3.05, 3.63) is 76.1 Å². The van der Waals surface area contributed by atoms with Gasteiger partial charge in [-0.05, 0) is 29.8 Å². The van der Waals surface area contributed by atoms with Gasteiger partial charge in [-0.25, -0.2) is 0 Å². The van der Waals surface area contributed by atoms with E-state index in [9.17, 15) is 18.4 Å². The molecule has 1 heterocycles. The first kappa shape index (κ1) is 17.2. The number of carbonyl (C=O) groups is 1. The van der Waals surface area contributed by atoms with Crippen LogP contribution in [0.2, 0.25) is 0 Å². The van der Waals surface area contributed by atoms with Gasteiger partial charge in [0.05, 0.1) is 5.56 Å². The standard InChI is InChI=1S/C18H14F2N2O2S/c19-18(20)25-16-4-2-1-3-13(16)17(24)22-10-11-5-6-12-14(9-11)21-8-7-15(12)23/h1-9,18H,10H2,(H,21,23)(H,22,24). The lowest BCUT2D eigenvalue weighted by atomic mass is 10.1. The molecule has 128 valence electrons. The molecule has 4 nitrogen and oxygen atoms in total. The molecular weight excluding hydrogens is 346 g/mol. The van der Waals surface area contributed by atoms with Gasteiger partial charge in [0.2, 0.25) is 0 Å². The molecule has 1 amide bonds. The van der Waals surface area contributed by atoms with Crippen LogP contribution in [-0.4, -0.2) is 16.6 Å². The third kappa shape index (κ3) is 4.06. The van der Waals surface area contributed by atoms with E-state index in [0.717, 1.165) is 5.56 Å². The number of rotatable bonds is 5. The molecule has 0 fully saturated rings. The summed E-state index contributed by atoms with van der Waals surface area (Å²) in [7, 11) is 0. The van der Waals surface area contributed by atoms with Crippen molar-refractivity contribution in [2.75, 3.05) is 0 Å². The molecule has 1 aromatic heterocycles. The molecule has 0 spiro atoms. The highest BCUT2D eigenvalue weighted by atomic mass is 32.2. The van der Waals surface area contributed by atoms with E-state index in [-0.39, 0.29) is 22.4 Å². The van der Waals surface area contributed by atoms with Crippen molar-refractivity contribution in [3.63, 3.8) is 0 Å². The molecule has 0 saturated carbocycles. The second kappa shape index (κ2) is 7.48. The number of alkyl halides is 2. The van der Waals surface area contributed by atoms with Crippen molar-refractivity contribution in [1.82, 2.24) is 10.3 Å². The Labute approximate surface area is 146 Å². The lowest BCUT2D eigenvalue weighted by Crippen LogP contribution is -2.23. The smallest absolute Gasteiger partial charge is 0.288 e. The van der Waals surface area contributed by atoms with E-state index >= 15 is 0 Å². The summed E-state index contributed by atoms with van der Waals surface area (Å²) >= 11 is 0.345. The summed E-state index contributed by atoms with van der Waals surface area (Å²) in [6.45, 7) is 0.222. The van der Waals surface area contributed by atoms with Crippen molar-refractivity contribution >= 4 is 28.6 Å². The zero-order valence-electron chi connectivity index (χ0n) is 13.0. The molecule has 0 bridgehead atoms. The Hall–Kier alpha value is -2.67. The maximum atomic E-state index is 12.6. The summed E-state index contributed by atoms with van der Waals surface area (Å²) in [5, 5.41) is 3.28. The first-order chi connectivity index (χ1) is 12.0. The average molecular weight is 360 g/mol.